The molecule has 0 saturated carbocycles. The largest absolute Gasteiger partial charge is 0.416 e. The third kappa shape index (κ3) is 7.58. The van der Waals surface area contributed by atoms with Crippen LogP contribution in [0.1, 0.15) is 29.2 Å². The number of nitrogens with one attached hydrogen (secondary N) is 3. The Morgan fingerprint density at radius 2 is 1.81 bits per heavy atom. The number of amides is 2. The van der Waals surface area contributed by atoms with Gasteiger partial charge in [0.1, 0.15) is 11.9 Å². The molecule has 8 nitrogen and oxygen atoms in total. The molecule has 1 unspecified atom stereocenters. The molecular weight excluding hydrogens is 566 g/mol. The molecule has 5 rings (SSSR count). The Hall–Kier alpha value is -4.26. The van der Waals surface area contributed by atoms with Gasteiger partial charge in [-0.15, -0.1) is 0 Å². The minimum atomic E-state index is -4.71. The van der Waals surface area contributed by atoms with Crippen molar-refractivity contribution in [1.29, 1.82) is 0 Å². The standard InChI is InChI=1S/C31H31F4N5O3/c32-24-15-21(31(33,34)35)10-11-26(24)39-30(42)29(37-13-14-40-17-23-16-22(40)18-43-23)20-8-5-19(6-9-20)7-12-28(41)38-27-4-2-1-3-25(27)36/h1-12,15,22-23,29,37H,13-14,16-18,36H2,(H,38,41)(H,39,42)/b12-7+/t22-,23-,29?/m0/s1. The van der Waals surface area contributed by atoms with E-state index in [0.717, 1.165) is 25.1 Å². The molecule has 0 spiro atoms. The van der Waals surface area contributed by atoms with E-state index in [9.17, 15) is 27.2 Å². The molecule has 3 aromatic rings. The SMILES string of the molecule is Nc1ccccc1NC(=O)/C=C/c1ccc(C(NCCN2C[C@@H]3C[C@H]2CO3)C(=O)Nc2ccc(C(F)(F)F)cc2F)cc1. The number of nitrogens with zero attached hydrogens (tertiary/aromatic N) is 1. The van der Waals surface area contributed by atoms with E-state index in [1.165, 1.54) is 6.08 Å². The third-order valence-electron chi connectivity index (χ3n) is 7.49. The van der Waals surface area contributed by atoms with Crippen molar-refractivity contribution in [3.05, 3.63) is 95.3 Å². The van der Waals surface area contributed by atoms with Gasteiger partial charge in [-0.25, -0.2) is 4.39 Å². The zero-order valence-electron chi connectivity index (χ0n) is 23.0. The van der Waals surface area contributed by atoms with Gasteiger partial charge < -0.3 is 26.4 Å². The number of para-hydroxylation sites is 2. The number of hydrogen-bond acceptors (Lipinski definition) is 6. The van der Waals surface area contributed by atoms with E-state index in [1.807, 2.05) is 0 Å². The molecule has 0 aliphatic carbocycles. The first-order valence-electron chi connectivity index (χ1n) is 13.8. The third-order valence-corrected chi connectivity index (χ3v) is 7.49. The van der Waals surface area contributed by atoms with E-state index < -0.39 is 29.5 Å². The van der Waals surface area contributed by atoms with E-state index >= 15 is 0 Å². The summed E-state index contributed by atoms with van der Waals surface area (Å²) < 4.78 is 59.1. The molecule has 2 bridgehead atoms. The van der Waals surface area contributed by atoms with Gasteiger partial charge in [0.2, 0.25) is 11.8 Å². The van der Waals surface area contributed by atoms with Gasteiger partial charge in [0.25, 0.3) is 0 Å². The quantitative estimate of drug-likeness (QED) is 0.152. The highest BCUT2D eigenvalue weighted by atomic mass is 19.4. The number of alkyl halides is 3. The molecule has 3 aromatic carbocycles. The lowest BCUT2D eigenvalue weighted by atomic mass is 10.0. The van der Waals surface area contributed by atoms with Crippen LogP contribution in [-0.2, 0) is 20.5 Å². The van der Waals surface area contributed by atoms with Gasteiger partial charge in [-0.3, -0.25) is 14.5 Å². The molecule has 3 atom stereocenters. The predicted molar refractivity (Wildman–Crippen MR) is 155 cm³/mol. The number of fused-ring (bicyclic) bond motifs is 2. The summed E-state index contributed by atoms with van der Waals surface area (Å²) in [6, 6.07) is 15.1. The minimum Gasteiger partial charge on any atom is -0.397 e. The Bertz CT molecular complexity index is 1500. The molecule has 2 amide bonds. The van der Waals surface area contributed by atoms with E-state index in [-0.39, 0.29) is 17.7 Å². The van der Waals surface area contributed by atoms with Crippen molar-refractivity contribution in [3.63, 3.8) is 0 Å². The summed E-state index contributed by atoms with van der Waals surface area (Å²) in [6.07, 6.45) is -0.560. The maximum Gasteiger partial charge on any atom is 0.416 e. The summed E-state index contributed by atoms with van der Waals surface area (Å²) in [5.41, 5.74) is 6.52. The van der Waals surface area contributed by atoms with Crippen LogP contribution in [0.4, 0.5) is 34.6 Å². The molecule has 2 aliphatic rings. The fourth-order valence-electron chi connectivity index (χ4n) is 5.22. The fourth-order valence-corrected chi connectivity index (χ4v) is 5.22. The van der Waals surface area contributed by atoms with E-state index in [0.29, 0.717) is 54.3 Å². The summed E-state index contributed by atoms with van der Waals surface area (Å²) in [6.45, 7) is 2.57. The summed E-state index contributed by atoms with van der Waals surface area (Å²) in [5.74, 6) is -2.19. The predicted octanol–water partition coefficient (Wildman–Crippen LogP) is 4.82. The van der Waals surface area contributed by atoms with Crippen LogP contribution in [0.3, 0.4) is 0 Å². The van der Waals surface area contributed by atoms with Gasteiger partial charge in [-0.1, -0.05) is 36.4 Å². The second-order valence-electron chi connectivity index (χ2n) is 10.5. The van der Waals surface area contributed by atoms with Crippen LogP contribution >= 0.6 is 0 Å². The van der Waals surface area contributed by atoms with Crippen molar-refractivity contribution < 1.29 is 31.9 Å². The first-order chi connectivity index (χ1) is 20.6. The Kier molecular flexibility index (Phi) is 9.09. The van der Waals surface area contributed by atoms with Crippen LogP contribution in [0.15, 0.2) is 72.8 Å². The number of hydrogen-bond donors (Lipinski definition) is 4. The lowest BCUT2D eigenvalue weighted by molar-refractivity contribution is -0.137. The van der Waals surface area contributed by atoms with Crippen LogP contribution in [0.2, 0.25) is 0 Å². The lowest BCUT2D eigenvalue weighted by Crippen LogP contribution is -2.43. The number of rotatable bonds is 10. The monoisotopic (exact) mass is 597 g/mol. The molecule has 2 saturated heterocycles. The molecule has 2 heterocycles. The van der Waals surface area contributed by atoms with Gasteiger partial charge in [0, 0.05) is 31.8 Å². The van der Waals surface area contributed by atoms with Crippen molar-refractivity contribution in [1.82, 2.24) is 10.2 Å². The average Bonchev–Trinajstić information content (AvgIpc) is 3.60. The van der Waals surface area contributed by atoms with E-state index in [4.69, 9.17) is 10.5 Å². The maximum atomic E-state index is 14.5. The number of nitrogen functional groups attached to an aromatic ring is 1. The second kappa shape index (κ2) is 12.9. The molecule has 5 N–H and O–H groups in total. The van der Waals surface area contributed by atoms with Crippen LogP contribution in [-0.4, -0.2) is 55.1 Å². The van der Waals surface area contributed by atoms with Crippen LogP contribution in [0, 0.1) is 5.82 Å². The van der Waals surface area contributed by atoms with Crippen molar-refractivity contribution in [2.45, 2.75) is 30.8 Å². The van der Waals surface area contributed by atoms with Crippen molar-refractivity contribution in [2.75, 3.05) is 42.6 Å². The number of halogens is 4. The molecule has 226 valence electrons. The minimum absolute atomic E-state index is 0.222. The van der Waals surface area contributed by atoms with Crippen LogP contribution < -0.4 is 21.7 Å². The Morgan fingerprint density at radius 1 is 1.05 bits per heavy atom. The van der Waals surface area contributed by atoms with Crippen molar-refractivity contribution in [2.24, 2.45) is 0 Å². The molecular formula is C31H31F4N5O3. The van der Waals surface area contributed by atoms with Gasteiger partial charge >= 0.3 is 6.18 Å². The Morgan fingerprint density at radius 3 is 2.47 bits per heavy atom. The smallest absolute Gasteiger partial charge is 0.397 e. The van der Waals surface area contributed by atoms with Crippen LogP contribution in [0.25, 0.3) is 6.08 Å². The summed E-state index contributed by atoms with van der Waals surface area (Å²) >= 11 is 0. The zero-order valence-corrected chi connectivity index (χ0v) is 23.0. The number of benzene rings is 3. The number of nitrogens with two attached hydrogens (primary N) is 1. The fraction of sp³-hybridized carbons (Fsp3) is 0.290. The highest BCUT2D eigenvalue weighted by Gasteiger charge is 2.38. The summed E-state index contributed by atoms with van der Waals surface area (Å²) in [7, 11) is 0. The Balaban J connectivity index is 1.27. The average molecular weight is 598 g/mol. The first-order valence-corrected chi connectivity index (χ1v) is 13.8. The second-order valence-corrected chi connectivity index (χ2v) is 10.5. The highest BCUT2D eigenvalue weighted by molar-refractivity contribution is 6.03. The molecule has 2 fully saturated rings. The number of ether oxygens (including phenoxy) is 1. The van der Waals surface area contributed by atoms with Crippen molar-refractivity contribution in [3.8, 4) is 0 Å². The normalized spacial score (nSPS) is 19.1. The number of carbonyl (C=O) groups excluding carboxylic acids is 2. The first kappa shape index (κ1) is 30.2. The molecule has 2 aliphatic heterocycles. The lowest BCUT2D eigenvalue weighted by Gasteiger charge is -2.27. The highest BCUT2D eigenvalue weighted by Crippen LogP contribution is 2.32. The number of carbonyl (C=O) groups is 2. The van der Waals surface area contributed by atoms with Crippen LogP contribution in [0.5, 0.6) is 0 Å². The number of likely N-dealkylation sites (tertiary alicyclic amines) is 1. The molecule has 0 radical (unpaired) electrons. The molecule has 43 heavy (non-hydrogen) atoms. The zero-order chi connectivity index (χ0) is 30.6. The molecule has 0 aromatic heterocycles. The van der Waals surface area contributed by atoms with Gasteiger partial charge in [-0.2, -0.15) is 13.2 Å². The van der Waals surface area contributed by atoms with E-state index in [2.05, 4.69) is 20.9 Å². The van der Waals surface area contributed by atoms with Gasteiger partial charge in [0.05, 0.1) is 35.3 Å². The molecule has 12 heteroatoms. The van der Waals surface area contributed by atoms with Gasteiger partial charge in [-0.05, 0) is 54.0 Å². The van der Waals surface area contributed by atoms with E-state index in [1.54, 1.807) is 54.6 Å². The topological polar surface area (TPSA) is 109 Å². The number of anilines is 3. The summed E-state index contributed by atoms with van der Waals surface area (Å²) in [5, 5.41) is 8.33. The summed E-state index contributed by atoms with van der Waals surface area (Å²) in [4.78, 5) is 27.9. The maximum absolute atomic E-state index is 14.5. The Labute approximate surface area is 245 Å². The number of morpholine rings is 1. The van der Waals surface area contributed by atoms with Gasteiger partial charge in [0.15, 0.2) is 0 Å². The van der Waals surface area contributed by atoms with Crippen molar-refractivity contribution >= 4 is 35.0 Å².